The predicted octanol–water partition coefficient (Wildman–Crippen LogP) is 0.108. The molecule has 4 heteroatoms. The zero-order valence-corrected chi connectivity index (χ0v) is 4.58. The van der Waals surface area contributed by atoms with Gasteiger partial charge in [-0.15, -0.1) is 0 Å². The molecule has 48 valence electrons. The number of nitrogens with zero attached hydrogens (tertiary/aromatic N) is 2. The van der Waals surface area contributed by atoms with Crippen LogP contribution >= 0.6 is 0 Å². The Kier molecular flexibility index (Phi) is 1.69. The summed E-state index contributed by atoms with van der Waals surface area (Å²) in [6, 6.07) is 0. The highest BCUT2D eigenvalue weighted by atomic mass is 19.1. The molecule has 0 aromatic carbocycles. The van der Waals surface area contributed by atoms with Crippen LogP contribution in [0, 0.1) is 5.95 Å². The Balaban J connectivity index is 3.01. The molecule has 0 radical (unpaired) electrons. The molecule has 1 aromatic heterocycles. The summed E-state index contributed by atoms with van der Waals surface area (Å²) in [6.07, 6.45) is 2.56. The summed E-state index contributed by atoms with van der Waals surface area (Å²) in [5, 5.41) is 8.38. The van der Waals surface area contributed by atoms with Gasteiger partial charge in [0.1, 0.15) is 5.69 Å². The van der Waals surface area contributed by atoms with Crippen LogP contribution in [-0.2, 0) is 6.61 Å². The third-order valence-electron chi connectivity index (χ3n) is 0.873. The van der Waals surface area contributed by atoms with E-state index >= 15 is 0 Å². The Morgan fingerprint density at radius 2 is 2.11 bits per heavy atom. The molecular formula is C5H5FN2O. The number of hydrogen-bond acceptors (Lipinski definition) is 3. The van der Waals surface area contributed by atoms with Crippen LogP contribution in [-0.4, -0.2) is 15.1 Å². The smallest absolute Gasteiger partial charge is 0.236 e. The molecule has 1 heterocycles. The Hall–Kier alpha value is -1.03. The molecular weight excluding hydrogens is 123 g/mol. The SMILES string of the molecule is OCc1nccnc1F. The minimum absolute atomic E-state index is 0.0162. The first-order valence-corrected chi connectivity index (χ1v) is 2.41. The van der Waals surface area contributed by atoms with Crippen molar-refractivity contribution in [1.82, 2.24) is 9.97 Å². The van der Waals surface area contributed by atoms with Crippen LogP contribution in [0.5, 0.6) is 0 Å². The second kappa shape index (κ2) is 2.50. The third-order valence-corrected chi connectivity index (χ3v) is 0.873. The molecule has 3 nitrogen and oxygen atoms in total. The van der Waals surface area contributed by atoms with Gasteiger partial charge in [0.2, 0.25) is 5.95 Å². The molecule has 0 aliphatic heterocycles. The second-order valence-electron chi connectivity index (χ2n) is 1.45. The Morgan fingerprint density at radius 1 is 1.44 bits per heavy atom. The largest absolute Gasteiger partial charge is 0.390 e. The fraction of sp³-hybridized carbons (Fsp3) is 0.200. The van der Waals surface area contributed by atoms with Gasteiger partial charge in [-0.1, -0.05) is 0 Å². The summed E-state index contributed by atoms with van der Waals surface area (Å²) in [5.74, 6) is -0.708. The van der Waals surface area contributed by atoms with Crippen LogP contribution in [0.4, 0.5) is 4.39 Å². The average molecular weight is 128 g/mol. The normalized spacial score (nSPS) is 9.56. The summed E-state index contributed by atoms with van der Waals surface area (Å²) in [4.78, 5) is 6.77. The first kappa shape index (κ1) is 6.10. The third kappa shape index (κ3) is 1.20. The van der Waals surface area contributed by atoms with E-state index in [1.54, 1.807) is 0 Å². The van der Waals surface area contributed by atoms with Crippen molar-refractivity contribution in [3.63, 3.8) is 0 Å². The predicted molar refractivity (Wildman–Crippen MR) is 27.9 cm³/mol. The van der Waals surface area contributed by atoms with E-state index in [9.17, 15) is 4.39 Å². The second-order valence-corrected chi connectivity index (χ2v) is 1.45. The summed E-state index contributed by atoms with van der Waals surface area (Å²) in [6.45, 7) is -0.403. The van der Waals surface area contributed by atoms with E-state index in [4.69, 9.17) is 5.11 Å². The van der Waals surface area contributed by atoms with Crippen molar-refractivity contribution in [3.8, 4) is 0 Å². The van der Waals surface area contributed by atoms with Crippen molar-refractivity contribution in [1.29, 1.82) is 0 Å². The number of hydrogen-bond donors (Lipinski definition) is 1. The minimum atomic E-state index is -0.708. The quantitative estimate of drug-likeness (QED) is 0.583. The van der Waals surface area contributed by atoms with Crippen molar-refractivity contribution in [2.75, 3.05) is 0 Å². The van der Waals surface area contributed by atoms with Gasteiger partial charge in [0.15, 0.2) is 0 Å². The maximum atomic E-state index is 12.3. The van der Waals surface area contributed by atoms with Gasteiger partial charge < -0.3 is 5.11 Å². The fourth-order valence-corrected chi connectivity index (χ4v) is 0.456. The van der Waals surface area contributed by atoms with Crippen LogP contribution in [0.1, 0.15) is 5.69 Å². The van der Waals surface area contributed by atoms with Crippen molar-refractivity contribution < 1.29 is 9.50 Å². The first-order chi connectivity index (χ1) is 4.34. The lowest BCUT2D eigenvalue weighted by Crippen LogP contribution is -1.95. The van der Waals surface area contributed by atoms with Crippen LogP contribution in [0.2, 0.25) is 0 Å². The number of halogens is 1. The van der Waals surface area contributed by atoms with Crippen LogP contribution < -0.4 is 0 Å². The van der Waals surface area contributed by atoms with E-state index in [2.05, 4.69) is 9.97 Å². The minimum Gasteiger partial charge on any atom is -0.390 e. The molecule has 0 amide bonds. The standard InChI is InChI=1S/C5H5FN2O/c6-5-4(3-9)7-1-2-8-5/h1-2,9H,3H2. The first-order valence-electron chi connectivity index (χ1n) is 2.41. The van der Waals surface area contributed by atoms with Crippen molar-refractivity contribution >= 4 is 0 Å². The van der Waals surface area contributed by atoms with E-state index < -0.39 is 12.6 Å². The Morgan fingerprint density at radius 3 is 2.56 bits per heavy atom. The summed E-state index contributed by atoms with van der Waals surface area (Å²) in [5.41, 5.74) is -0.0162. The molecule has 0 aliphatic rings. The summed E-state index contributed by atoms with van der Waals surface area (Å²) in [7, 11) is 0. The van der Waals surface area contributed by atoms with Gasteiger partial charge in [-0.3, -0.25) is 4.98 Å². The van der Waals surface area contributed by atoms with Crippen LogP contribution in [0.25, 0.3) is 0 Å². The zero-order chi connectivity index (χ0) is 6.69. The molecule has 0 bridgehead atoms. The average Bonchev–Trinajstić information content (AvgIpc) is 1.89. The van der Waals surface area contributed by atoms with Crippen molar-refractivity contribution in [2.24, 2.45) is 0 Å². The van der Waals surface area contributed by atoms with Gasteiger partial charge >= 0.3 is 0 Å². The van der Waals surface area contributed by atoms with E-state index in [1.165, 1.54) is 12.4 Å². The molecule has 0 saturated heterocycles. The van der Waals surface area contributed by atoms with Crippen molar-refractivity contribution in [3.05, 3.63) is 24.0 Å². The van der Waals surface area contributed by atoms with E-state index in [0.717, 1.165) is 0 Å². The maximum absolute atomic E-state index is 12.3. The van der Waals surface area contributed by atoms with Gasteiger partial charge in [-0.05, 0) is 0 Å². The molecule has 0 aliphatic carbocycles. The zero-order valence-electron chi connectivity index (χ0n) is 4.58. The maximum Gasteiger partial charge on any atom is 0.236 e. The van der Waals surface area contributed by atoms with E-state index in [-0.39, 0.29) is 5.69 Å². The highest BCUT2D eigenvalue weighted by Gasteiger charge is 1.98. The monoisotopic (exact) mass is 128 g/mol. The lowest BCUT2D eigenvalue weighted by molar-refractivity contribution is 0.268. The molecule has 1 N–H and O–H groups in total. The van der Waals surface area contributed by atoms with Gasteiger partial charge in [-0.25, -0.2) is 4.98 Å². The highest BCUT2D eigenvalue weighted by molar-refractivity contribution is 4.94. The van der Waals surface area contributed by atoms with E-state index in [0.29, 0.717) is 0 Å². The topological polar surface area (TPSA) is 46.0 Å². The molecule has 0 spiro atoms. The Bertz CT molecular complexity index is 204. The number of aliphatic hydroxyl groups excluding tert-OH is 1. The van der Waals surface area contributed by atoms with E-state index in [1.807, 2.05) is 0 Å². The lowest BCUT2D eigenvalue weighted by atomic mass is 10.5. The molecule has 1 aromatic rings. The Labute approximate surface area is 51.2 Å². The van der Waals surface area contributed by atoms with Gasteiger partial charge in [0, 0.05) is 12.4 Å². The van der Waals surface area contributed by atoms with Crippen LogP contribution in [0.15, 0.2) is 12.4 Å². The van der Waals surface area contributed by atoms with Crippen molar-refractivity contribution in [2.45, 2.75) is 6.61 Å². The lowest BCUT2D eigenvalue weighted by Gasteiger charge is -1.92. The molecule has 0 fully saturated rings. The molecule has 9 heavy (non-hydrogen) atoms. The molecule has 0 unspecified atom stereocenters. The molecule has 0 atom stereocenters. The highest BCUT2D eigenvalue weighted by Crippen LogP contribution is 1.96. The fourth-order valence-electron chi connectivity index (χ4n) is 0.456. The van der Waals surface area contributed by atoms with Gasteiger partial charge in [-0.2, -0.15) is 4.39 Å². The number of aromatic nitrogens is 2. The summed E-state index contributed by atoms with van der Waals surface area (Å²) >= 11 is 0. The van der Waals surface area contributed by atoms with Crippen LogP contribution in [0.3, 0.4) is 0 Å². The summed E-state index contributed by atoms with van der Waals surface area (Å²) < 4.78 is 12.3. The van der Waals surface area contributed by atoms with Gasteiger partial charge in [0.25, 0.3) is 0 Å². The number of aliphatic hydroxyl groups is 1. The molecule has 0 saturated carbocycles. The molecule has 1 rings (SSSR count). The number of rotatable bonds is 1. The van der Waals surface area contributed by atoms with Gasteiger partial charge in [0.05, 0.1) is 6.61 Å².